The van der Waals surface area contributed by atoms with Crippen molar-refractivity contribution in [1.82, 2.24) is 10.5 Å². The highest BCUT2D eigenvalue weighted by molar-refractivity contribution is 5.97. The third-order valence-corrected chi connectivity index (χ3v) is 2.37. The Kier molecular flexibility index (Phi) is 3.74. The summed E-state index contributed by atoms with van der Waals surface area (Å²) in [5.41, 5.74) is 3.93. The molecule has 1 aromatic carbocycles. The number of nitrogens with one attached hydrogen (secondary N) is 2. The molecule has 0 atom stereocenters. The van der Waals surface area contributed by atoms with E-state index in [-0.39, 0.29) is 5.91 Å². The van der Waals surface area contributed by atoms with E-state index in [0.29, 0.717) is 18.8 Å². The van der Waals surface area contributed by atoms with Crippen LogP contribution in [-0.4, -0.2) is 31.2 Å². The van der Waals surface area contributed by atoms with Crippen LogP contribution in [0, 0.1) is 0 Å². The van der Waals surface area contributed by atoms with Gasteiger partial charge in [-0.05, 0) is 24.3 Å². The molecule has 0 spiro atoms. The van der Waals surface area contributed by atoms with Crippen LogP contribution < -0.4 is 5.48 Å². The highest BCUT2D eigenvalue weighted by Crippen LogP contribution is 2.13. The predicted molar refractivity (Wildman–Crippen MR) is 63.6 cm³/mol. The summed E-state index contributed by atoms with van der Waals surface area (Å²) in [5, 5.41) is 0.995. The van der Waals surface area contributed by atoms with Crippen molar-refractivity contribution in [2.24, 2.45) is 0 Å². The number of aromatic nitrogens is 1. The molecule has 2 rings (SSSR count). The molecule has 0 aliphatic rings. The molecule has 2 aromatic rings. The second-order valence-corrected chi connectivity index (χ2v) is 3.55. The van der Waals surface area contributed by atoms with E-state index >= 15 is 0 Å². The number of rotatable bonds is 5. The quantitative estimate of drug-likeness (QED) is 0.608. The number of ether oxygens (including phenoxy) is 1. The first-order valence-electron chi connectivity index (χ1n) is 5.29. The second-order valence-electron chi connectivity index (χ2n) is 3.55. The SMILES string of the molecule is COCCONC(=O)c1ccc2[nH]ccc2c1. The van der Waals surface area contributed by atoms with Crippen LogP contribution in [0.2, 0.25) is 0 Å². The lowest BCUT2D eigenvalue weighted by molar-refractivity contribution is 0.00890. The predicted octanol–water partition coefficient (Wildman–Crippen LogP) is 1.48. The molecular weight excluding hydrogens is 220 g/mol. The number of amides is 1. The first-order chi connectivity index (χ1) is 8.31. The largest absolute Gasteiger partial charge is 0.382 e. The van der Waals surface area contributed by atoms with E-state index in [4.69, 9.17) is 9.57 Å². The van der Waals surface area contributed by atoms with Crippen LogP contribution >= 0.6 is 0 Å². The zero-order chi connectivity index (χ0) is 12.1. The van der Waals surface area contributed by atoms with Gasteiger partial charge < -0.3 is 9.72 Å². The zero-order valence-electron chi connectivity index (χ0n) is 9.53. The lowest BCUT2D eigenvalue weighted by Crippen LogP contribution is -2.25. The average Bonchev–Trinajstić information content (AvgIpc) is 2.81. The Morgan fingerprint density at radius 2 is 2.24 bits per heavy atom. The van der Waals surface area contributed by atoms with Crippen LogP contribution in [0.4, 0.5) is 0 Å². The lowest BCUT2D eigenvalue weighted by atomic mass is 10.1. The maximum absolute atomic E-state index is 11.7. The average molecular weight is 234 g/mol. The molecule has 1 amide bonds. The van der Waals surface area contributed by atoms with E-state index < -0.39 is 0 Å². The van der Waals surface area contributed by atoms with E-state index in [9.17, 15) is 4.79 Å². The van der Waals surface area contributed by atoms with Gasteiger partial charge in [0.2, 0.25) is 0 Å². The number of carbonyl (C=O) groups excluding carboxylic acids is 1. The van der Waals surface area contributed by atoms with Crippen LogP contribution in [0.3, 0.4) is 0 Å². The molecule has 5 nitrogen and oxygen atoms in total. The molecule has 17 heavy (non-hydrogen) atoms. The van der Waals surface area contributed by atoms with Gasteiger partial charge in [-0.2, -0.15) is 0 Å². The zero-order valence-corrected chi connectivity index (χ0v) is 9.53. The Bertz CT molecular complexity index is 507. The minimum atomic E-state index is -0.260. The summed E-state index contributed by atoms with van der Waals surface area (Å²) in [6.45, 7) is 0.770. The summed E-state index contributed by atoms with van der Waals surface area (Å²) in [5.74, 6) is -0.260. The fourth-order valence-electron chi connectivity index (χ4n) is 1.50. The molecule has 0 aliphatic carbocycles. The van der Waals surface area contributed by atoms with Gasteiger partial charge in [-0.25, -0.2) is 5.48 Å². The van der Waals surface area contributed by atoms with Gasteiger partial charge in [0.05, 0.1) is 13.2 Å². The summed E-state index contributed by atoms with van der Waals surface area (Å²) in [4.78, 5) is 19.7. The topological polar surface area (TPSA) is 63.4 Å². The number of aromatic amines is 1. The minimum absolute atomic E-state index is 0.260. The first-order valence-corrected chi connectivity index (χ1v) is 5.29. The van der Waals surface area contributed by atoms with Gasteiger partial charge in [-0.15, -0.1) is 0 Å². The number of hydrogen-bond donors (Lipinski definition) is 2. The summed E-state index contributed by atoms with van der Waals surface area (Å²) in [6, 6.07) is 7.33. The molecular formula is C12H14N2O3. The van der Waals surface area contributed by atoms with E-state index in [1.807, 2.05) is 18.3 Å². The van der Waals surface area contributed by atoms with E-state index in [1.165, 1.54) is 0 Å². The molecule has 0 saturated heterocycles. The highest BCUT2D eigenvalue weighted by Gasteiger charge is 2.06. The molecule has 0 fully saturated rings. The third-order valence-electron chi connectivity index (χ3n) is 2.37. The Hall–Kier alpha value is -1.85. The summed E-state index contributed by atoms with van der Waals surface area (Å²) >= 11 is 0. The molecule has 1 aromatic heterocycles. The number of hydrogen-bond acceptors (Lipinski definition) is 3. The van der Waals surface area contributed by atoms with Gasteiger partial charge in [0.15, 0.2) is 0 Å². The summed E-state index contributed by atoms with van der Waals surface area (Å²) in [6.07, 6.45) is 1.83. The van der Waals surface area contributed by atoms with E-state index in [1.54, 1.807) is 19.2 Å². The number of benzene rings is 1. The minimum Gasteiger partial charge on any atom is -0.382 e. The van der Waals surface area contributed by atoms with E-state index in [0.717, 1.165) is 10.9 Å². The molecule has 0 unspecified atom stereocenters. The summed E-state index contributed by atoms with van der Waals surface area (Å²) in [7, 11) is 1.57. The fourth-order valence-corrected chi connectivity index (χ4v) is 1.50. The van der Waals surface area contributed by atoms with Crippen LogP contribution in [0.1, 0.15) is 10.4 Å². The number of fused-ring (bicyclic) bond motifs is 1. The number of carbonyl (C=O) groups is 1. The van der Waals surface area contributed by atoms with Crippen molar-refractivity contribution in [3.8, 4) is 0 Å². The monoisotopic (exact) mass is 234 g/mol. The fraction of sp³-hybridized carbons (Fsp3) is 0.250. The molecule has 0 saturated carbocycles. The van der Waals surface area contributed by atoms with Gasteiger partial charge in [0, 0.05) is 29.8 Å². The molecule has 0 aliphatic heterocycles. The van der Waals surface area contributed by atoms with Crippen molar-refractivity contribution in [3.05, 3.63) is 36.0 Å². The molecule has 0 radical (unpaired) electrons. The van der Waals surface area contributed by atoms with Gasteiger partial charge in [-0.1, -0.05) is 0 Å². The Labute approximate surface area is 98.7 Å². The number of hydroxylamine groups is 1. The smallest absolute Gasteiger partial charge is 0.274 e. The Morgan fingerprint density at radius 3 is 3.06 bits per heavy atom. The lowest BCUT2D eigenvalue weighted by Gasteiger charge is -2.05. The summed E-state index contributed by atoms with van der Waals surface area (Å²) < 4.78 is 4.80. The van der Waals surface area contributed by atoms with Crippen molar-refractivity contribution in [3.63, 3.8) is 0 Å². The van der Waals surface area contributed by atoms with Crippen LogP contribution in [0.15, 0.2) is 30.5 Å². The van der Waals surface area contributed by atoms with Crippen LogP contribution in [0.5, 0.6) is 0 Å². The molecule has 90 valence electrons. The normalized spacial score (nSPS) is 10.6. The number of H-pyrrole nitrogens is 1. The maximum atomic E-state index is 11.7. The van der Waals surface area contributed by atoms with Crippen molar-refractivity contribution in [1.29, 1.82) is 0 Å². The van der Waals surface area contributed by atoms with Crippen molar-refractivity contribution < 1.29 is 14.4 Å². The standard InChI is InChI=1S/C12H14N2O3/c1-16-6-7-17-14-12(15)10-2-3-11-9(8-10)4-5-13-11/h2-5,8,13H,6-7H2,1H3,(H,14,15). The van der Waals surface area contributed by atoms with Crippen molar-refractivity contribution >= 4 is 16.8 Å². The van der Waals surface area contributed by atoms with Gasteiger partial charge in [0.1, 0.15) is 0 Å². The van der Waals surface area contributed by atoms with Crippen LogP contribution in [-0.2, 0) is 9.57 Å². The first kappa shape index (κ1) is 11.6. The molecule has 0 bridgehead atoms. The number of methoxy groups -OCH3 is 1. The Morgan fingerprint density at radius 1 is 1.35 bits per heavy atom. The second kappa shape index (κ2) is 5.47. The molecule has 5 heteroatoms. The molecule has 2 N–H and O–H groups in total. The maximum Gasteiger partial charge on any atom is 0.274 e. The highest BCUT2D eigenvalue weighted by atomic mass is 16.7. The third kappa shape index (κ3) is 2.83. The molecule has 1 heterocycles. The van der Waals surface area contributed by atoms with E-state index in [2.05, 4.69) is 10.5 Å². The van der Waals surface area contributed by atoms with Crippen molar-refractivity contribution in [2.45, 2.75) is 0 Å². The van der Waals surface area contributed by atoms with Gasteiger partial charge >= 0.3 is 0 Å². The van der Waals surface area contributed by atoms with Crippen LogP contribution in [0.25, 0.3) is 10.9 Å². The Balaban J connectivity index is 1.98. The van der Waals surface area contributed by atoms with Gasteiger partial charge in [-0.3, -0.25) is 9.63 Å². The van der Waals surface area contributed by atoms with Gasteiger partial charge in [0.25, 0.3) is 5.91 Å². The van der Waals surface area contributed by atoms with Crippen molar-refractivity contribution in [2.75, 3.05) is 20.3 Å².